The fourth-order valence-electron chi connectivity index (χ4n) is 2.63. The van der Waals surface area contributed by atoms with Crippen LogP contribution in [0.15, 0.2) is 41.4 Å². The molecule has 1 fully saturated rings. The highest BCUT2D eigenvalue weighted by Gasteiger charge is 2.24. The lowest BCUT2D eigenvalue weighted by molar-refractivity contribution is 0.414. The molecular formula is C17H26N4O. The summed E-state index contributed by atoms with van der Waals surface area (Å²) in [5, 5.41) is 3.21. The SMILES string of the molecule is C=C(C)CN=C(N)NCC1CCN(c2ccccc2OC)C1. The van der Waals surface area contributed by atoms with Gasteiger partial charge in [-0.3, -0.25) is 0 Å². The Morgan fingerprint density at radius 3 is 3.00 bits per heavy atom. The predicted molar refractivity (Wildman–Crippen MR) is 92.6 cm³/mol. The Morgan fingerprint density at radius 1 is 1.50 bits per heavy atom. The zero-order chi connectivity index (χ0) is 15.9. The molecule has 1 aliphatic rings. The zero-order valence-corrected chi connectivity index (χ0v) is 13.5. The van der Waals surface area contributed by atoms with Crippen molar-refractivity contribution in [1.82, 2.24) is 5.32 Å². The minimum absolute atomic E-state index is 0.499. The highest BCUT2D eigenvalue weighted by molar-refractivity contribution is 5.77. The van der Waals surface area contributed by atoms with E-state index in [4.69, 9.17) is 10.5 Å². The van der Waals surface area contributed by atoms with Crippen LogP contribution in [0.5, 0.6) is 5.75 Å². The van der Waals surface area contributed by atoms with Crippen LogP contribution in [0.1, 0.15) is 13.3 Å². The van der Waals surface area contributed by atoms with Crippen molar-refractivity contribution in [2.75, 3.05) is 38.2 Å². The minimum Gasteiger partial charge on any atom is -0.495 e. The average Bonchev–Trinajstić information content (AvgIpc) is 2.99. The number of rotatable bonds is 6. The van der Waals surface area contributed by atoms with Gasteiger partial charge >= 0.3 is 0 Å². The summed E-state index contributed by atoms with van der Waals surface area (Å²) in [6, 6.07) is 8.16. The van der Waals surface area contributed by atoms with E-state index in [9.17, 15) is 0 Å². The summed E-state index contributed by atoms with van der Waals surface area (Å²) >= 11 is 0. The molecule has 1 atom stereocenters. The van der Waals surface area contributed by atoms with Gasteiger partial charge in [0.1, 0.15) is 5.75 Å². The van der Waals surface area contributed by atoms with Gasteiger partial charge in [-0.25, -0.2) is 4.99 Å². The van der Waals surface area contributed by atoms with Crippen LogP contribution in [0.3, 0.4) is 0 Å². The van der Waals surface area contributed by atoms with Crippen molar-refractivity contribution >= 4 is 11.6 Å². The van der Waals surface area contributed by atoms with Gasteiger partial charge in [0.15, 0.2) is 5.96 Å². The Bertz CT molecular complexity index is 541. The van der Waals surface area contributed by atoms with E-state index in [0.717, 1.165) is 43.1 Å². The van der Waals surface area contributed by atoms with Crippen molar-refractivity contribution in [1.29, 1.82) is 0 Å². The largest absolute Gasteiger partial charge is 0.495 e. The number of nitrogens with two attached hydrogens (primary N) is 1. The third kappa shape index (κ3) is 4.41. The number of anilines is 1. The molecule has 0 aliphatic carbocycles. The second kappa shape index (κ2) is 7.73. The van der Waals surface area contributed by atoms with Crippen LogP contribution in [0.4, 0.5) is 5.69 Å². The third-order valence-corrected chi connectivity index (χ3v) is 3.80. The number of methoxy groups -OCH3 is 1. The van der Waals surface area contributed by atoms with Crippen molar-refractivity contribution in [2.45, 2.75) is 13.3 Å². The maximum atomic E-state index is 5.86. The Kier molecular flexibility index (Phi) is 5.69. The zero-order valence-electron chi connectivity index (χ0n) is 13.5. The number of para-hydroxylation sites is 2. The smallest absolute Gasteiger partial charge is 0.188 e. The molecule has 1 aliphatic heterocycles. The Morgan fingerprint density at radius 2 is 2.27 bits per heavy atom. The van der Waals surface area contributed by atoms with E-state index in [1.54, 1.807) is 7.11 Å². The van der Waals surface area contributed by atoms with E-state index >= 15 is 0 Å². The highest BCUT2D eigenvalue weighted by Crippen LogP contribution is 2.31. The lowest BCUT2D eigenvalue weighted by atomic mass is 10.1. The average molecular weight is 302 g/mol. The monoisotopic (exact) mass is 302 g/mol. The molecule has 1 unspecified atom stereocenters. The summed E-state index contributed by atoms with van der Waals surface area (Å²) in [4.78, 5) is 6.61. The van der Waals surface area contributed by atoms with Gasteiger partial charge < -0.3 is 20.7 Å². The van der Waals surface area contributed by atoms with Gasteiger partial charge in [-0.2, -0.15) is 0 Å². The molecule has 2 rings (SSSR count). The first kappa shape index (κ1) is 16.2. The van der Waals surface area contributed by atoms with Crippen LogP contribution in [0.25, 0.3) is 0 Å². The van der Waals surface area contributed by atoms with E-state index in [2.05, 4.69) is 27.9 Å². The number of hydrogen-bond donors (Lipinski definition) is 2. The lowest BCUT2D eigenvalue weighted by Crippen LogP contribution is -2.36. The van der Waals surface area contributed by atoms with Gasteiger partial charge in [-0.05, 0) is 31.4 Å². The second-order valence-corrected chi connectivity index (χ2v) is 5.81. The Labute approximate surface area is 132 Å². The minimum atomic E-state index is 0.499. The number of aliphatic imine (C=N–C) groups is 1. The van der Waals surface area contributed by atoms with Crippen LogP contribution in [-0.4, -0.2) is 39.2 Å². The van der Waals surface area contributed by atoms with Gasteiger partial charge in [0.2, 0.25) is 0 Å². The summed E-state index contributed by atoms with van der Waals surface area (Å²) < 4.78 is 5.44. The summed E-state index contributed by atoms with van der Waals surface area (Å²) in [6.07, 6.45) is 1.14. The fourth-order valence-corrected chi connectivity index (χ4v) is 2.63. The normalized spacial score (nSPS) is 18.4. The summed E-state index contributed by atoms with van der Waals surface area (Å²) in [6.45, 7) is 9.22. The van der Waals surface area contributed by atoms with Crippen LogP contribution in [0, 0.1) is 5.92 Å². The maximum absolute atomic E-state index is 5.86. The second-order valence-electron chi connectivity index (χ2n) is 5.81. The first-order valence-electron chi connectivity index (χ1n) is 7.66. The van der Waals surface area contributed by atoms with Crippen molar-refractivity contribution in [3.8, 4) is 5.75 Å². The standard InChI is InChI=1S/C17H26N4O/c1-13(2)10-19-17(18)20-11-14-8-9-21(12-14)15-6-4-5-7-16(15)22-3/h4-7,14H,1,8-12H2,2-3H3,(H3,18,19,20). The summed E-state index contributed by atoms with van der Waals surface area (Å²) in [5.41, 5.74) is 8.03. The molecule has 5 heteroatoms. The lowest BCUT2D eigenvalue weighted by Gasteiger charge is -2.21. The van der Waals surface area contributed by atoms with E-state index in [1.807, 2.05) is 25.1 Å². The van der Waals surface area contributed by atoms with Gasteiger partial charge in [0, 0.05) is 19.6 Å². The quantitative estimate of drug-likeness (QED) is 0.479. The van der Waals surface area contributed by atoms with E-state index in [-0.39, 0.29) is 0 Å². The number of nitrogens with one attached hydrogen (secondary N) is 1. The van der Waals surface area contributed by atoms with E-state index < -0.39 is 0 Å². The topological polar surface area (TPSA) is 62.9 Å². The third-order valence-electron chi connectivity index (χ3n) is 3.80. The van der Waals surface area contributed by atoms with Crippen molar-refractivity contribution in [3.63, 3.8) is 0 Å². The highest BCUT2D eigenvalue weighted by atomic mass is 16.5. The molecule has 1 saturated heterocycles. The summed E-state index contributed by atoms with van der Waals surface area (Å²) in [7, 11) is 1.71. The van der Waals surface area contributed by atoms with Crippen molar-refractivity contribution in [3.05, 3.63) is 36.4 Å². The van der Waals surface area contributed by atoms with Crippen LogP contribution in [0.2, 0.25) is 0 Å². The van der Waals surface area contributed by atoms with Crippen LogP contribution >= 0.6 is 0 Å². The molecule has 1 aromatic rings. The number of hydrogen-bond acceptors (Lipinski definition) is 3. The molecular weight excluding hydrogens is 276 g/mol. The molecule has 0 aromatic heterocycles. The molecule has 0 spiro atoms. The Hall–Kier alpha value is -2.17. The van der Waals surface area contributed by atoms with Gasteiger partial charge in [-0.1, -0.05) is 24.3 Å². The Balaban J connectivity index is 1.85. The van der Waals surface area contributed by atoms with Crippen molar-refractivity contribution < 1.29 is 4.74 Å². The molecule has 1 heterocycles. The fraction of sp³-hybridized carbons (Fsp3) is 0.471. The number of nitrogens with zero attached hydrogens (tertiary/aromatic N) is 2. The summed E-state index contributed by atoms with van der Waals surface area (Å²) in [5.74, 6) is 1.99. The number of benzene rings is 1. The maximum Gasteiger partial charge on any atom is 0.188 e. The molecule has 22 heavy (non-hydrogen) atoms. The molecule has 0 amide bonds. The molecule has 1 aromatic carbocycles. The molecule has 120 valence electrons. The molecule has 0 bridgehead atoms. The van der Waals surface area contributed by atoms with Crippen LogP contribution < -0.4 is 20.7 Å². The van der Waals surface area contributed by atoms with Crippen LogP contribution in [-0.2, 0) is 0 Å². The van der Waals surface area contributed by atoms with Crippen molar-refractivity contribution in [2.24, 2.45) is 16.6 Å². The first-order valence-corrected chi connectivity index (χ1v) is 7.66. The number of ether oxygens (including phenoxy) is 1. The molecule has 3 N–H and O–H groups in total. The number of guanidine groups is 1. The predicted octanol–water partition coefficient (Wildman–Crippen LogP) is 2.00. The van der Waals surface area contributed by atoms with Gasteiger partial charge in [-0.15, -0.1) is 0 Å². The van der Waals surface area contributed by atoms with E-state index in [0.29, 0.717) is 18.4 Å². The molecule has 0 radical (unpaired) electrons. The first-order chi connectivity index (χ1) is 10.6. The molecule has 0 saturated carbocycles. The van der Waals surface area contributed by atoms with E-state index in [1.165, 1.54) is 0 Å². The molecule has 5 nitrogen and oxygen atoms in total. The van der Waals surface area contributed by atoms with Gasteiger partial charge in [0.25, 0.3) is 0 Å². The van der Waals surface area contributed by atoms with Gasteiger partial charge in [0.05, 0.1) is 19.3 Å².